The average molecular weight is 274 g/mol. The normalized spacial score (nSPS) is 16.5. The highest BCUT2D eigenvalue weighted by Gasteiger charge is 2.28. The summed E-state index contributed by atoms with van der Waals surface area (Å²) in [5.74, 6) is 0.746. The van der Waals surface area contributed by atoms with E-state index < -0.39 is 0 Å². The van der Waals surface area contributed by atoms with Gasteiger partial charge in [-0.1, -0.05) is 38.3 Å². The first kappa shape index (κ1) is 15.0. The maximum absolute atomic E-state index is 12.3. The highest BCUT2D eigenvalue weighted by Crippen LogP contribution is 2.31. The second-order valence-electron chi connectivity index (χ2n) is 5.81. The van der Waals surface area contributed by atoms with Gasteiger partial charge in [0.2, 0.25) is 0 Å². The fourth-order valence-electron chi connectivity index (χ4n) is 2.74. The number of unbranched alkanes of at least 4 members (excludes halogenated alkanes) is 1. The lowest BCUT2D eigenvalue weighted by atomic mass is 9.78. The van der Waals surface area contributed by atoms with Gasteiger partial charge in [-0.25, -0.2) is 0 Å². The summed E-state index contributed by atoms with van der Waals surface area (Å²) < 4.78 is 0. The number of carbonyl (C=O) groups excluding carboxylic acids is 1. The molecule has 1 aliphatic carbocycles. The van der Waals surface area contributed by atoms with Crippen LogP contribution >= 0.6 is 0 Å². The molecule has 20 heavy (non-hydrogen) atoms. The van der Waals surface area contributed by atoms with Crippen LogP contribution in [0.1, 0.15) is 61.4 Å². The monoisotopic (exact) mass is 274 g/mol. The first-order valence-corrected chi connectivity index (χ1v) is 7.84. The number of hydrogen-bond donors (Lipinski definition) is 2. The number of amides is 1. The molecule has 110 valence electrons. The lowest BCUT2D eigenvalue weighted by molar-refractivity contribution is 0.0895. The molecule has 3 nitrogen and oxygen atoms in total. The summed E-state index contributed by atoms with van der Waals surface area (Å²) in [5, 5.41) is 3.24. The van der Waals surface area contributed by atoms with Gasteiger partial charge < -0.3 is 11.1 Å². The van der Waals surface area contributed by atoms with E-state index in [0.717, 1.165) is 17.5 Å². The molecule has 1 amide bonds. The first-order chi connectivity index (χ1) is 9.74. The zero-order chi connectivity index (χ0) is 14.4. The molecule has 0 heterocycles. The van der Waals surface area contributed by atoms with Gasteiger partial charge >= 0.3 is 0 Å². The van der Waals surface area contributed by atoms with E-state index in [1.165, 1.54) is 32.1 Å². The van der Waals surface area contributed by atoms with Gasteiger partial charge in [0.15, 0.2) is 0 Å². The molecule has 1 aromatic carbocycles. The Bertz CT molecular complexity index is 423. The molecule has 1 aliphatic rings. The van der Waals surface area contributed by atoms with Crippen molar-refractivity contribution in [2.24, 2.45) is 11.7 Å². The molecule has 3 N–H and O–H groups in total. The van der Waals surface area contributed by atoms with Crippen LogP contribution in [0, 0.1) is 5.92 Å². The standard InChI is InChI=1S/C17H26N2O/c1-2-3-7-16(14-5-4-6-14)19-17(20)15-10-8-13(12-18)9-11-15/h8-11,14,16H,2-7,12,18H2,1H3,(H,19,20). The van der Waals surface area contributed by atoms with Crippen LogP contribution in [-0.4, -0.2) is 11.9 Å². The zero-order valence-corrected chi connectivity index (χ0v) is 12.4. The van der Waals surface area contributed by atoms with Crippen molar-refractivity contribution in [1.29, 1.82) is 0 Å². The number of benzene rings is 1. The maximum atomic E-state index is 12.3. The summed E-state index contributed by atoms with van der Waals surface area (Å²) in [6.45, 7) is 2.72. The minimum absolute atomic E-state index is 0.0570. The number of nitrogens with two attached hydrogens (primary N) is 1. The molecule has 2 rings (SSSR count). The molecule has 3 heteroatoms. The predicted molar refractivity (Wildman–Crippen MR) is 82.5 cm³/mol. The van der Waals surface area contributed by atoms with Gasteiger partial charge in [-0.05, 0) is 42.9 Å². The molecular weight excluding hydrogens is 248 g/mol. The van der Waals surface area contributed by atoms with Gasteiger partial charge in [-0.2, -0.15) is 0 Å². The van der Waals surface area contributed by atoms with E-state index in [1.54, 1.807) is 0 Å². The largest absolute Gasteiger partial charge is 0.349 e. The van der Waals surface area contributed by atoms with Gasteiger partial charge in [0.1, 0.15) is 0 Å². The van der Waals surface area contributed by atoms with Crippen molar-refractivity contribution in [2.45, 2.75) is 58.0 Å². The molecule has 0 aromatic heterocycles. The van der Waals surface area contributed by atoms with E-state index in [2.05, 4.69) is 12.2 Å². The van der Waals surface area contributed by atoms with Crippen LogP contribution in [0.2, 0.25) is 0 Å². The highest BCUT2D eigenvalue weighted by atomic mass is 16.1. The number of nitrogens with one attached hydrogen (secondary N) is 1. The van der Waals surface area contributed by atoms with Crippen molar-refractivity contribution in [2.75, 3.05) is 0 Å². The van der Waals surface area contributed by atoms with Crippen molar-refractivity contribution in [3.05, 3.63) is 35.4 Å². The summed E-state index contributed by atoms with van der Waals surface area (Å²) in [4.78, 5) is 12.3. The van der Waals surface area contributed by atoms with Gasteiger partial charge in [0, 0.05) is 18.2 Å². The number of carbonyl (C=O) groups is 1. The van der Waals surface area contributed by atoms with Crippen molar-refractivity contribution >= 4 is 5.91 Å². The molecule has 0 saturated heterocycles. The Kier molecular flexibility index (Phi) is 5.60. The van der Waals surface area contributed by atoms with Crippen LogP contribution in [0.5, 0.6) is 0 Å². The summed E-state index contributed by atoms with van der Waals surface area (Å²) in [6, 6.07) is 7.95. The van der Waals surface area contributed by atoms with E-state index in [0.29, 0.717) is 18.5 Å². The Labute approximate surface area is 121 Å². The first-order valence-electron chi connectivity index (χ1n) is 7.84. The molecule has 1 aromatic rings. The maximum Gasteiger partial charge on any atom is 0.251 e. The van der Waals surface area contributed by atoms with Crippen molar-refractivity contribution in [3.8, 4) is 0 Å². The lowest BCUT2D eigenvalue weighted by Crippen LogP contribution is -2.42. The molecule has 1 fully saturated rings. The Hall–Kier alpha value is -1.35. The van der Waals surface area contributed by atoms with Gasteiger partial charge in [0.05, 0.1) is 0 Å². The second kappa shape index (κ2) is 7.44. The fourth-order valence-corrected chi connectivity index (χ4v) is 2.74. The summed E-state index contributed by atoms with van der Waals surface area (Å²) in [6.07, 6.45) is 7.32. The lowest BCUT2D eigenvalue weighted by Gasteiger charge is -2.34. The van der Waals surface area contributed by atoms with Crippen LogP contribution in [0.25, 0.3) is 0 Å². The van der Waals surface area contributed by atoms with E-state index in [4.69, 9.17) is 5.73 Å². The Morgan fingerprint density at radius 2 is 2.05 bits per heavy atom. The van der Waals surface area contributed by atoms with Crippen molar-refractivity contribution in [1.82, 2.24) is 5.32 Å². The average Bonchev–Trinajstić information content (AvgIpc) is 2.42. The van der Waals surface area contributed by atoms with Gasteiger partial charge in [-0.3, -0.25) is 4.79 Å². The minimum atomic E-state index is 0.0570. The quantitative estimate of drug-likeness (QED) is 0.802. The Morgan fingerprint density at radius 3 is 2.55 bits per heavy atom. The summed E-state index contributed by atoms with van der Waals surface area (Å²) in [7, 11) is 0. The van der Waals surface area contributed by atoms with Crippen LogP contribution in [0.3, 0.4) is 0 Å². The van der Waals surface area contributed by atoms with Gasteiger partial charge in [0.25, 0.3) is 5.91 Å². The van der Waals surface area contributed by atoms with Crippen LogP contribution in [0.15, 0.2) is 24.3 Å². The molecule has 0 radical (unpaired) electrons. The Morgan fingerprint density at radius 1 is 1.35 bits per heavy atom. The summed E-state index contributed by atoms with van der Waals surface area (Å²) >= 11 is 0. The molecule has 0 bridgehead atoms. The van der Waals surface area contributed by atoms with Crippen molar-refractivity contribution in [3.63, 3.8) is 0 Å². The molecule has 0 spiro atoms. The third kappa shape index (κ3) is 3.83. The Balaban J connectivity index is 1.95. The van der Waals surface area contributed by atoms with E-state index in [-0.39, 0.29) is 5.91 Å². The van der Waals surface area contributed by atoms with Crippen LogP contribution in [0.4, 0.5) is 0 Å². The smallest absolute Gasteiger partial charge is 0.251 e. The number of rotatable bonds is 7. The van der Waals surface area contributed by atoms with E-state index in [1.807, 2.05) is 24.3 Å². The number of hydrogen-bond acceptors (Lipinski definition) is 2. The fraction of sp³-hybridized carbons (Fsp3) is 0.588. The minimum Gasteiger partial charge on any atom is -0.349 e. The van der Waals surface area contributed by atoms with Gasteiger partial charge in [-0.15, -0.1) is 0 Å². The van der Waals surface area contributed by atoms with E-state index in [9.17, 15) is 4.79 Å². The molecule has 1 saturated carbocycles. The second-order valence-corrected chi connectivity index (χ2v) is 5.81. The van der Waals surface area contributed by atoms with Crippen molar-refractivity contribution < 1.29 is 4.79 Å². The zero-order valence-electron chi connectivity index (χ0n) is 12.4. The molecular formula is C17H26N2O. The molecule has 1 atom stereocenters. The highest BCUT2D eigenvalue weighted by molar-refractivity contribution is 5.94. The summed E-state index contributed by atoms with van der Waals surface area (Å²) in [5.41, 5.74) is 7.37. The topological polar surface area (TPSA) is 55.1 Å². The molecule has 0 aliphatic heterocycles. The third-order valence-electron chi connectivity index (χ3n) is 4.36. The van der Waals surface area contributed by atoms with E-state index >= 15 is 0 Å². The SMILES string of the molecule is CCCCC(NC(=O)c1ccc(CN)cc1)C1CCC1. The van der Waals surface area contributed by atoms with Crippen LogP contribution in [-0.2, 0) is 6.54 Å². The predicted octanol–water partition coefficient (Wildman–Crippen LogP) is 3.23. The van der Waals surface area contributed by atoms with Crippen LogP contribution < -0.4 is 11.1 Å². The molecule has 1 unspecified atom stereocenters. The third-order valence-corrected chi connectivity index (χ3v) is 4.36.